The Morgan fingerprint density at radius 3 is 2.33 bits per heavy atom. The van der Waals surface area contributed by atoms with Gasteiger partial charge >= 0.3 is 5.97 Å². The van der Waals surface area contributed by atoms with E-state index in [4.69, 9.17) is 4.74 Å². The summed E-state index contributed by atoms with van der Waals surface area (Å²) in [5, 5.41) is 2.18. The van der Waals surface area contributed by atoms with Crippen molar-refractivity contribution < 1.29 is 19.1 Å². The maximum absolute atomic E-state index is 11.9. The Morgan fingerprint density at radius 1 is 1.12 bits per heavy atom. The quantitative estimate of drug-likeness (QED) is 0.854. The van der Waals surface area contributed by atoms with Crippen LogP contribution in [0.15, 0.2) is 42.6 Å². The summed E-state index contributed by atoms with van der Waals surface area (Å²) in [6, 6.07) is 10.3. The van der Waals surface area contributed by atoms with Crippen LogP contribution in [-0.2, 0) is 16.6 Å². The number of esters is 1. The Balaban J connectivity index is 1.86. The third kappa shape index (κ3) is 4.32. The lowest BCUT2D eigenvalue weighted by molar-refractivity contribution is -0.123. The first-order valence-corrected chi connectivity index (χ1v) is 7.61. The van der Waals surface area contributed by atoms with Gasteiger partial charge in [0.2, 0.25) is 0 Å². The van der Waals surface area contributed by atoms with Crippen LogP contribution >= 0.6 is 0 Å². The Bertz CT molecular complexity index is 745. The van der Waals surface area contributed by atoms with E-state index in [2.05, 4.69) is 19.2 Å². The number of nitrogens with one attached hydrogen (secondary N) is 1. The highest BCUT2D eigenvalue weighted by Gasteiger charge is 2.15. The zero-order valence-electron chi connectivity index (χ0n) is 13.9. The first kappa shape index (κ1) is 17.5. The number of aryl methyl sites for hydroxylation is 1. The third-order valence-electron chi connectivity index (χ3n) is 3.58. The van der Waals surface area contributed by atoms with Crippen molar-refractivity contribution in [3.05, 3.63) is 59.4 Å². The van der Waals surface area contributed by atoms with Gasteiger partial charge in [-0.25, -0.2) is 4.79 Å². The van der Waals surface area contributed by atoms with Gasteiger partial charge in [-0.15, -0.1) is 0 Å². The molecule has 0 radical (unpaired) electrons. The summed E-state index contributed by atoms with van der Waals surface area (Å²) in [6.07, 6.45) is 1.69. The Morgan fingerprint density at radius 2 is 1.79 bits per heavy atom. The van der Waals surface area contributed by atoms with Gasteiger partial charge in [0.05, 0.1) is 5.56 Å². The van der Waals surface area contributed by atoms with Gasteiger partial charge in [0.15, 0.2) is 6.61 Å². The number of nitrogens with zero attached hydrogens (tertiary/aromatic N) is 1. The average Bonchev–Trinajstić information content (AvgIpc) is 2.98. The lowest BCUT2D eigenvalue weighted by atomic mass is 10.0. The molecule has 0 unspecified atom stereocenters. The summed E-state index contributed by atoms with van der Waals surface area (Å²) in [7, 11) is 1.69. The molecule has 0 spiro atoms. The fourth-order valence-corrected chi connectivity index (χ4v) is 2.14. The van der Waals surface area contributed by atoms with E-state index in [1.807, 2.05) is 12.1 Å². The molecule has 6 nitrogen and oxygen atoms in total. The maximum Gasteiger partial charge on any atom is 0.338 e. The smallest absolute Gasteiger partial charge is 0.338 e. The van der Waals surface area contributed by atoms with Crippen LogP contribution in [0.3, 0.4) is 0 Å². The number of ether oxygens (including phenoxy) is 1. The number of rotatable bonds is 5. The monoisotopic (exact) mass is 328 g/mol. The van der Waals surface area contributed by atoms with Crippen LogP contribution in [0, 0.1) is 0 Å². The molecular weight excluding hydrogens is 308 g/mol. The molecule has 1 aromatic carbocycles. The predicted octanol–water partition coefficient (Wildman–Crippen LogP) is 2.26. The van der Waals surface area contributed by atoms with Crippen molar-refractivity contribution in [2.24, 2.45) is 7.05 Å². The number of carbonyl (C=O) groups excluding carboxylic acids is 3. The van der Waals surface area contributed by atoms with Gasteiger partial charge in [-0.1, -0.05) is 26.0 Å². The molecule has 126 valence electrons. The van der Waals surface area contributed by atoms with Crippen molar-refractivity contribution in [3.8, 4) is 0 Å². The van der Waals surface area contributed by atoms with Gasteiger partial charge in [-0.2, -0.15) is 0 Å². The minimum absolute atomic E-state index is 0.346. The van der Waals surface area contributed by atoms with E-state index in [1.165, 1.54) is 0 Å². The second kappa shape index (κ2) is 7.59. The molecule has 6 heteroatoms. The third-order valence-corrected chi connectivity index (χ3v) is 3.58. The van der Waals surface area contributed by atoms with Gasteiger partial charge in [-0.3, -0.25) is 14.9 Å². The predicted molar refractivity (Wildman–Crippen MR) is 88.7 cm³/mol. The van der Waals surface area contributed by atoms with Crippen LogP contribution in [0.25, 0.3) is 0 Å². The minimum Gasteiger partial charge on any atom is -0.452 e. The van der Waals surface area contributed by atoms with Crippen LogP contribution in [0.1, 0.15) is 46.2 Å². The molecule has 2 aromatic rings. The fourth-order valence-electron chi connectivity index (χ4n) is 2.14. The Kier molecular flexibility index (Phi) is 5.52. The molecule has 0 aliphatic rings. The van der Waals surface area contributed by atoms with Crippen LogP contribution in [0.4, 0.5) is 0 Å². The standard InChI is InChI=1S/C18H20N2O4/c1-12(2)13-6-8-14(9-7-13)18(23)24-11-16(21)19-17(22)15-5-4-10-20(15)3/h4-10,12H,11H2,1-3H3,(H,19,21,22). The summed E-state index contributed by atoms with van der Waals surface area (Å²) in [5.74, 6) is -1.45. The summed E-state index contributed by atoms with van der Waals surface area (Å²) in [6.45, 7) is 3.60. The van der Waals surface area contributed by atoms with Crippen LogP contribution in [-0.4, -0.2) is 29.0 Å². The number of imide groups is 1. The largest absolute Gasteiger partial charge is 0.452 e. The summed E-state index contributed by atoms with van der Waals surface area (Å²) in [4.78, 5) is 35.5. The van der Waals surface area contributed by atoms with Gasteiger partial charge in [0.25, 0.3) is 11.8 Å². The van der Waals surface area contributed by atoms with Crippen molar-refractivity contribution in [2.45, 2.75) is 19.8 Å². The number of amides is 2. The molecule has 1 heterocycles. The molecule has 1 N–H and O–H groups in total. The van der Waals surface area contributed by atoms with Crippen molar-refractivity contribution in [3.63, 3.8) is 0 Å². The van der Waals surface area contributed by atoms with Crippen molar-refractivity contribution in [1.29, 1.82) is 0 Å². The van der Waals surface area contributed by atoms with Crippen LogP contribution < -0.4 is 5.32 Å². The zero-order chi connectivity index (χ0) is 17.7. The molecular formula is C18H20N2O4. The molecule has 0 bridgehead atoms. The molecule has 24 heavy (non-hydrogen) atoms. The number of aromatic nitrogens is 1. The Labute approximate surface area is 140 Å². The Hall–Kier alpha value is -2.89. The van der Waals surface area contributed by atoms with E-state index in [9.17, 15) is 14.4 Å². The average molecular weight is 328 g/mol. The lowest BCUT2D eigenvalue weighted by Gasteiger charge is -2.08. The highest BCUT2D eigenvalue weighted by molar-refractivity contribution is 6.04. The van der Waals surface area contributed by atoms with Crippen molar-refractivity contribution in [2.75, 3.05) is 6.61 Å². The summed E-state index contributed by atoms with van der Waals surface area (Å²) < 4.78 is 6.52. The maximum atomic E-state index is 11.9. The molecule has 2 rings (SSSR count). The SMILES string of the molecule is CC(C)c1ccc(C(=O)OCC(=O)NC(=O)c2cccn2C)cc1. The molecule has 0 fully saturated rings. The number of carbonyl (C=O) groups is 3. The molecule has 0 saturated carbocycles. The van der Waals surface area contributed by atoms with Gasteiger partial charge in [0.1, 0.15) is 5.69 Å². The molecule has 0 aliphatic heterocycles. The highest BCUT2D eigenvalue weighted by atomic mass is 16.5. The van der Waals surface area contributed by atoms with E-state index < -0.39 is 24.4 Å². The molecule has 0 atom stereocenters. The van der Waals surface area contributed by atoms with E-state index in [-0.39, 0.29) is 0 Å². The summed E-state index contributed by atoms with van der Waals surface area (Å²) >= 11 is 0. The molecule has 0 aliphatic carbocycles. The van der Waals surface area contributed by atoms with Crippen molar-refractivity contribution >= 4 is 17.8 Å². The van der Waals surface area contributed by atoms with Gasteiger partial charge < -0.3 is 9.30 Å². The summed E-state index contributed by atoms with van der Waals surface area (Å²) in [5.41, 5.74) is 1.82. The molecule has 0 saturated heterocycles. The first-order valence-electron chi connectivity index (χ1n) is 7.61. The number of benzene rings is 1. The van der Waals surface area contributed by atoms with E-state index in [0.29, 0.717) is 17.2 Å². The molecule has 1 aromatic heterocycles. The second-order valence-corrected chi connectivity index (χ2v) is 5.73. The lowest BCUT2D eigenvalue weighted by Crippen LogP contribution is -2.35. The fraction of sp³-hybridized carbons (Fsp3) is 0.278. The van der Waals surface area contributed by atoms with Crippen molar-refractivity contribution in [1.82, 2.24) is 9.88 Å². The van der Waals surface area contributed by atoms with E-state index in [1.54, 1.807) is 42.1 Å². The van der Waals surface area contributed by atoms with Gasteiger partial charge in [0, 0.05) is 13.2 Å². The number of hydrogen-bond donors (Lipinski definition) is 1. The number of hydrogen-bond acceptors (Lipinski definition) is 4. The topological polar surface area (TPSA) is 77.4 Å². The zero-order valence-corrected chi connectivity index (χ0v) is 13.9. The second-order valence-electron chi connectivity index (χ2n) is 5.73. The normalized spacial score (nSPS) is 10.5. The first-order chi connectivity index (χ1) is 11.4. The van der Waals surface area contributed by atoms with E-state index in [0.717, 1.165) is 5.56 Å². The van der Waals surface area contributed by atoms with Gasteiger partial charge in [-0.05, 0) is 35.7 Å². The highest BCUT2D eigenvalue weighted by Crippen LogP contribution is 2.15. The molecule has 2 amide bonds. The van der Waals surface area contributed by atoms with Crippen LogP contribution in [0.5, 0.6) is 0 Å². The van der Waals surface area contributed by atoms with E-state index >= 15 is 0 Å². The van der Waals surface area contributed by atoms with Crippen LogP contribution in [0.2, 0.25) is 0 Å². The minimum atomic E-state index is -0.673.